The van der Waals surface area contributed by atoms with Crippen molar-refractivity contribution < 1.29 is 17.6 Å². The fourth-order valence-corrected chi connectivity index (χ4v) is 3.76. The summed E-state index contributed by atoms with van der Waals surface area (Å²) in [5.74, 6) is -0.708. The normalized spacial score (nSPS) is 11.4. The summed E-state index contributed by atoms with van der Waals surface area (Å²) in [6.07, 6.45) is 0. The van der Waals surface area contributed by atoms with Gasteiger partial charge >= 0.3 is 0 Å². The Balaban J connectivity index is 1.92. The molecule has 11 heteroatoms. The molecule has 2 N–H and O–H groups in total. The standard InChI is InChI=1S/C18H19FN6O3S/c1-4-20-29(27,28)14-7-5-11(2)15(10-14)18(26)21-13-6-8-16(19)17(9-13)25-12(3)22-23-24-25/h5-10,20H,4H2,1-3H3,(H,21,26). The molecule has 9 nitrogen and oxygen atoms in total. The molecule has 0 aliphatic rings. The van der Waals surface area contributed by atoms with E-state index in [4.69, 9.17) is 0 Å². The van der Waals surface area contributed by atoms with Crippen LogP contribution in [0.2, 0.25) is 0 Å². The number of tetrazole rings is 1. The van der Waals surface area contributed by atoms with Crippen LogP contribution in [0.15, 0.2) is 41.3 Å². The maximum absolute atomic E-state index is 14.2. The molecule has 3 rings (SSSR count). The Morgan fingerprint density at radius 1 is 1.17 bits per heavy atom. The fourth-order valence-electron chi connectivity index (χ4n) is 2.69. The van der Waals surface area contributed by atoms with Crippen LogP contribution < -0.4 is 10.0 Å². The zero-order valence-electron chi connectivity index (χ0n) is 16.0. The molecule has 0 saturated heterocycles. The predicted octanol–water partition coefficient (Wildman–Crippen LogP) is 1.97. The third-order valence-corrected chi connectivity index (χ3v) is 5.70. The van der Waals surface area contributed by atoms with Crippen LogP contribution in [0.25, 0.3) is 5.69 Å². The molecular weight excluding hydrogens is 399 g/mol. The number of anilines is 1. The van der Waals surface area contributed by atoms with E-state index in [1.54, 1.807) is 26.8 Å². The highest BCUT2D eigenvalue weighted by molar-refractivity contribution is 7.89. The lowest BCUT2D eigenvalue weighted by atomic mass is 10.1. The first-order valence-corrected chi connectivity index (χ1v) is 10.2. The van der Waals surface area contributed by atoms with Gasteiger partial charge in [0.1, 0.15) is 11.5 Å². The van der Waals surface area contributed by atoms with Crippen LogP contribution in [0.5, 0.6) is 0 Å². The Bertz CT molecular complexity index is 1180. The lowest BCUT2D eigenvalue weighted by Gasteiger charge is -2.12. The Morgan fingerprint density at radius 2 is 1.93 bits per heavy atom. The van der Waals surface area contributed by atoms with Gasteiger partial charge in [0.25, 0.3) is 5.91 Å². The van der Waals surface area contributed by atoms with Crippen molar-refractivity contribution in [1.82, 2.24) is 24.9 Å². The first-order valence-electron chi connectivity index (χ1n) is 8.69. The van der Waals surface area contributed by atoms with Gasteiger partial charge in [-0.1, -0.05) is 13.0 Å². The summed E-state index contributed by atoms with van der Waals surface area (Å²) in [6.45, 7) is 5.20. The smallest absolute Gasteiger partial charge is 0.255 e. The number of hydrogen-bond acceptors (Lipinski definition) is 6. The molecule has 3 aromatic rings. The number of nitrogens with one attached hydrogen (secondary N) is 2. The molecule has 0 radical (unpaired) electrons. The van der Waals surface area contributed by atoms with Crippen molar-refractivity contribution in [3.63, 3.8) is 0 Å². The van der Waals surface area contributed by atoms with Gasteiger partial charge in [-0.05, 0) is 60.2 Å². The molecule has 1 amide bonds. The number of benzene rings is 2. The zero-order valence-corrected chi connectivity index (χ0v) is 16.8. The molecule has 152 valence electrons. The summed E-state index contributed by atoms with van der Waals surface area (Å²) in [5.41, 5.74) is 1.16. The number of hydrogen-bond donors (Lipinski definition) is 2. The minimum absolute atomic E-state index is 0.0146. The summed E-state index contributed by atoms with van der Waals surface area (Å²) < 4.78 is 42.2. The fraction of sp³-hybridized carbons (Fsp3) is 0.222. The van der Waals surface area contributed by atoms with Gasteiger partial charge in [0.15, 0.2) is 5.82 Å². The third kappa shape index (κ3) is 4.30. The van der Waals surface area contributed by atoms with Gasteiger partial charge in [0, 0.05) is 17.8 Å². The average Bonchev–Trinajstić information content (AvgIpc) is 3.09. The van der Waals surface area contributed by atoms with Crippen LogP contribution in [-0.2, 0) is 10.0 Å². The highest BCUT2D eigenvalue weighted by Crippen LogP contribution is 2.21. The molecule has 0 unspecified atom stereocenters. The molecule has 0 atom stereocenters. The molecule has 1 aromatic heterocycles. The number of aromatic nitrogens is 4. The van der Waals surface area contributed by atoms with E-state index in [1.165, 1.54) is 35.0 Å². The van der Waals surface area contributed by atoms with Crippen molar-refractivity contribution in [3.8, 4) is 5.69 Å². The predicted molar refractivity (Wildman–Crippen MR) is 104 cm³/mol. The molecule has 0 spiro atoms. The van der Waals surface area contributed by atoms with E-state index in [-0.39, 0.29) is 22.7 Å². The van der Waals surface area contributed by atoms with E-state index < -0.39 is 21.7 Å². The van der Waals surface area contributed by atoms with E-state index in [1.807, 2.05) is 0 Å². The average molecular weight is 418 g/mol. The molecular formula is C18H19FN6O3S. The Kier molecular flexibility index (Phi) is 5.71. The first kappa shape index (κ1) is 20.6. The zero-order chi connectivity index (χ0) is 21.2. The lowest BCUT2D eigenvalue weighted by molar-refractivity contribution is 0.102. The topological polar surface area (TPSA) is 119 Å². The van der Waals surface area contributed by atoms with Crippen LogP contribution in [0.4, 0.5) is 10.1 Å². The van der Waals surface area contributed by atoms with Gasteiger partial charge in [-0.2, -0.15) is 4.68 Å². The Hall–Kier alpha value is -3.18. The number of carbonyl (C=O) groups excluding carboxylic acids is 1. The van der Waals surface area contributed by atoms with Crippen LogP contribution in [-0.4, -0.2) is 41.1 Å². The number of nitrogens with zero attached hydrogens (tertiary/aromatic N) is 4. The minimum Gasteiger partial charge on any atom is -0.322 e. The Labute approximate surface area is 167 Å². The highest BCUT2D eigenvalue weighted by Gasteiger charge is 2.18. The van der Waals surface area contributed by atoms with E-state index in [9.17, 15) is 17.6 Å². The monoisotopic (exact) mass is 418 g/mol. The molecule has 0 saturated carbocycles. The number of aryl methyl sites for hydroxylation is 2. The molecule has 0 aliphatic carbocycles. The highest BCUT2D eigenvalue weighted by atomic mass is 32.2. The third-order valence-electron chi connectivity index (χ3n) is 4.16. The van der Waals surface area contributed by atoms with Crippen molar-refractivity contribution in [2.45, 2.75) is 25.7 Å². The van der Waals surface area contributed by atoms with Crippen LogP contribution in [0.1, 0.15) is 28.7 Å². The summed E-state index contributed by atoms with van der Waals surface area (Å²) in [7, 11) is -3.71. The van der Waals surface area contributed by atoms with E-state index >= 15 is 0 Å². The number of rotatable bonds is 6. The summed E-state index contributed by atoms with van der Waals surface area (Å²) in [5, 5.41) is 13.6. The van der Waals surface area contributed by atoms with Crippen LogP contribution in [0, 0.1) is 19.7 Å². The molecule has 2 aromatic carbocycles. The van der Waals surface area contributed by atoms with Gasteiger partial charge in [-0.15, -0.1) is 5.10 Å². The van der Waals surface area contributed by atoms with E-state index in [0.29, 0.717) is 17.1 Å². The largest absolute Gasteiger partial charge is 0.322 e. The second-order valence-electron chi connectivity index (χ2n) is 6.24. The summed E-state index contributed by atoms with van der Waals surface area (Å²) in [6, 6.07) is 8.26. The summed E-state index contributed by atoms with van der Waals surface area (Å²) in [4.78, 5) is 12.7. The van der Waals surface area contributed by atoms with Gasteiger partial charge in [-0.3, -0.25) is 4.79 Å². The number of amides is 1. The van der Waals surface area contributed by atoms with Crippen molar-refractivity contribution in [3.05, 3.63) is 59.2 Å². The number of halogens is 1. The van der Waals surface area contributed by atoms with E-state index in [2.05, 4.69) is 25.6 Å². The number of sulfonamides is 1. The van der Waals surface area contributed by atoms with Gasteiger partial charge in [-0.25, -0.2) is 17.5 Å². The second-order valence-corrected chi connectivity index (χ2v) is 8.00. The van der Waals surface area contributed by atoms with Gasteiger partial charge in [0.05, 0.1) is 4.90 Å². The first-order chi connectivity index (χ1) is 13.7. The molecule has 0 aliphatic heterocycles. The van der Waals surface area contributed by atoms with Crippen molar-refractivity contribution in [1.29, 1.82) is 0 Å². The maximum atomic E-state index is 14.2. The van der Waals surface area contributed by atoms with Gasteiger partial charge < -0.3 is 5.32 Å². The van der Waals surface area contributed by atoms with Crippen LogP contribution in [0.3, 0.4) is 0 Å². The second kappa shape index (κ2) is 8.05. The molecule has 1 heterocycles. The molecule has 0 bridgehead atoms. The van der Waals surface area contributed by atoms with Crippen molar-refractivity contribution in [2.24, 2.45) is 0 Å². The SMILES string of the molecule is CCNS(=O)(=O)c1ccc(C)c(C(=O)Nc2ccc(F)c(-n3nnnc3C)c2)c1. The van der Waals surface area contributed by atoms with Crippen LogP contribution >= 0.6 is 0 Å². The Morgan fingerprint density at radius 3 is 2.59 bits per heavy atom. The minimum atomic E-state index is -3.71. The molecule has 0 fully saturated rings. The quantitative estimate of drug-likeness (QED) is 0.632. The summed E-state index contributed by atoms with van der Waals surface area (Å²) >= 11 is 0. The number of carbonyl (C=O) groups is 1. The van der Waals surface area contributed by atoms with Crippen molar-refractivity contribution in [2.75, 3.05) is 11.9 Å². The van der Waals surface area contributed by atoms with E-state index in [0.717, 1.165) is 0 Å². The van der Waals surface area contributed by atoms with Gasteiger partial charge in [0.2, 0.25) is 10.0 Å². The van der Waals surface area contributed by atoms with Crippen molar-refractivity contribution >= 4 is 21.6 Å². The lowest BCUT2D eigenvalue weighted by Crippen LogP contribution is -2.24. The maximum Gasteiger partial charge on any atom is 0.255 e. The molecule has 29 heavy (non-hydrogen) atoms.